The number of benzene rings is 1. The van der Waals surface area contributed by atoms with Crippen LogP contribution in [0.4, 0.5) is 0 Å². The van der Waals surface area contributed by atoms with Crippen LogP contribution in [-0.2, 0) is 9.53 Å². The number of carbonyl (C=O) groups excluding carboxylic acids is 1. The maximum Gasteiger partial charge on any atom is 0.330 e. The molecule has 0 atom stereocenters. The number of phenolic OH excluding ortho intramolecular Hbond substituents is 1. The van der Waals surface area contributed by atoms with Crippen LogP contribution in [0.3, 0.4) is 0 Å². The second-order valence-corrected chi connectivity index (χ2v) is 8.26. The van der Waals surface area contributed by atoms with Crippen molar-refractivity contribution in [2.75, 3.05) is 13.2 Å². The fourth-order valence-electron chi connectivity index (χ4n) is 3.59. The van der Waals surface area contributed by atoms with Crippen LogP contribution in [0, 0.1) is 0 Å². The zero-order valence-electron chi connectivity index (χ0n) is 19.9. The highest BCUT2D eigenvalue weighted by Crippen LogP contribution is 2.27. The molecule has 31 heavy (non-hydrogen) atoms. The molecule has 1 aromatic rings. The summed E-state index contributed by atoms with van der Waals surface area (Å²) in [6.07, 6.45) is 21.5. The van der Waals surface area contributed by atoms with E-state index in [-0.39, 0.29) is 11.7 Å². The van der Waals surface area contributed by atoms with Crippen molar-refractivity contribution in [2.24, 2.45) is 0 Å². The summed E-state index contributed by atoms with van der Waals surface area (Å²) in [5.41, 5.74) is 0.787. The number of hydrogen-bond acceptors (Lipinski definition) is 4. The molecule has 0 fully saturated rings. The molecule has 0 aliphatic carbocycles. The molecule has 0 radical (unpaired) electrons. The van der Waals surface area contributed by atoms with Gasteiger partial charge in [0.2, 0.25) is 0 Å². The Morgan fingerprint density at radius 1 is 0.839 bits per heavy atom. The normalized spacial score (nSPS) is 11.2. The highest BCUT2D eigenvalue weighted by atomic mass is 16.5. The standard InChI is InChI=1S/C27H44O4/c1-3-5-6-7-8-9-10-11-12-13-14-15-16-17-22-31-27(29)21-19-24-18-20-25(28)26(23-24)30-4-2/h18-21,23,28H,3-17,22H2,1-2H3. The Morgan fingerprint density at radius 2 is 1.39 bits per heavy atom. The molecule has 4 nitrogen and oxygen atoms in total. The van der Waals surface area contributed by atoms with Crippen molar-refractivity contribution in [3.05, 3.63) is 29.8 Å². The first-order chi connectivity index (χ1) is 15.2. The smallest absolute Gasteiger partial charge is 0.330 e. The van der Waals surface area contributed by atoms with E-state index in [1.807, 2.05) is 6.92 Å². The number of rotatable bonds is 19. The molecule has 0 aliphatic rings. The van der Waals surface area contributed by atoms with Crippen molar-refractivity contribution in [2.45, 2.75) is 104 Å². The van der Waals surface area contributed by atoms with Gasteiger partial charge in [-0.15, -0.1) is 0 Å². The highest BCUT2D eigenvalue weighted by molar-refractivity contribution is 5.87. The molecule has 0 unspecified atom stereocenters. The summed E-state index contributed by atoms with van der Waals surface area (Å²) in [4.78, 5) is 11.8. The molecule has 1 N–H and O–H groups in total. The predicted octanol–water partition coefficient (Wildman–Crippen LogP) is 7.83. The lowest BCUT2D eigenvalue weighted by Crippen LogP contribution is -2.02. The van der Waals surface area contributed by atoms with Crippen molar-refractivity contribution in [1.82, 2.24) is 0 Å². The summed E-state index contributed by atoms with van der Waals surface area (Å²) in [6, 6.07) is 5.00. The Bertz CT molecular complexity index is 609. The monoisotopic (exact) mass is 432 g/mol. The van der Waals surface area contributed by atoms with Crippen LogP contribution in [0.2, 0.25) is 0 Å². The molecular formula is C27H44O4. The van der Waals surface area contributed by atoms with Crippen molar-refractivity contribution in [3.8, 4) is 11.5 Å². The zero-order chi connectivity index (χ0) is 22.6. The van der Waals surface area contributed by atoms with Gasteiger partial charge >= 0.3 is 5.97 Å². The Balaban J connectivity index is 1.97. The average molecular weight is 433 g/mol. The Labute approximate surface area is 190 Å². The van der Waals surface area contributed by atoms with Gasteiger partial charge in [-0.25, -0.2) is 4.79 Å². The minimum Gasteiger partial charge on any atom is -0.504 e. The topological polar surface area (TPSA) is 55.8 Å². The third-order valence-corrected chi connectivity index (χ3v) is 5.44. The SMILES string of the molecule is CCCCCCCCCCCCCCCCOC(=O)C=Cc1ccc(O)c(OCC)c1. The number of ether oxygens (including phenoxy) is 2. The molecule has 176 valence electrons. The van der Waals surface area contributed by atoms with Gasteiger partial charge in [0.1, 0.15) is 0 Å². The molecule has 0 bridgehead atoms. The minimum atomic E-state index is -0.333. The second kappa shape index (κ2) is 18.8. The lowest BCUT2D eigenvalue weighted by Gasteiger charge is -2.06. The molecular weight excluding hydrogens is 388 g/mol. The Hall–Kier alpha value is -1.97. The van der Waals surface area contributed by atoms with Crippen molar-refractivity contribution < 1.29 is 19.4 Å². The molecule has 1 rings (SSSR count). The first-order valence-corrected chi connectivity index (χ1v) is 12.5. The first kappa shape index (κ1) is 27.1. The Morgan fingerprint density at radius 3 is 1.94 bits per heavy atom. The van der Waals surface area contributed by atoms with Gasteiger partial charge in [0.15, 0.2) is 11.5 Å². The van der Waals surface area contributed by atoms with Gasteiger partial charge in [0, 0.05) is 6.08 Å². The summed E-state index contributed by atoms with van der Waals surface area (Å²) in [5.74, 6) is 0.181. The lowest BCUT2D eigenvalue weighted by atomic mass is 10.0. The Kier molecular flexibility index (Phi) is 16.4. The number of esters is 1. The van der Waals surface area contributed by atoms with Crippen LogP contribution in [0.5, 0.6) is 11.5 Å². The van der Waals surface area contributed by atoms with E-state index in [4.69, 9.17) is 9.47 Å². The van der Waals surface area contributed by atoms with Gasteiger partial charge in [-0.3, -0.25) is 0 Å². The molecule has 0 saturated carbocycles. The average Bonchev–Trinajstić information content (AvgIpc) is 2.77. The molecule has 0 amide bonds. The number of aromatic hydroxyl groups is 1. The van der Waals surface area contributed by atoms with Gasteiger partial charge in [-0.2, -0.15) is 0 Å². The fraction of sp³-hybridized carbons (Fsp3) is 0.667. The van der Waals surface area contributed by atoms with Crippen molar-refractivity contribution in [3.63, 3.8) is 0 Å². The van der Waals surface area contributed by atoms with E-state index in [1.165, 1.54) is 83.1 Å². The van der Waals surface area contributed by atoms with Crippen LogP contribution in [0.25, 0.3) is 6.08 Å². The largest absolute Gasteiger partial charge is 0.504 e. The van der Waals surface area contributed by atoms with Crippen molar-refractivity contribution >= 4 is 12.0 Å². The molecule has 0 heterocycles. The molecule has 0 spiro atoms. The maximum atomic E-state index is 11.8. The molecule has 0 saturated heterocycles. The van der Waals surface area contributed by atoms with Gasteiger partial charge in [0.25, 0.3) is 0 Å². The third kappa shape index (κ3) is 14.6. The number of unbranched alkanes of at least 4 members (excludes halogenated alkanes) is 13. The molecule has 4 heteroatoms. The summed E-state index contributed by atoms with van der Waals surface area (Å²) in [6.45, 7) is 5.07. The van der Waals surface area contributed by atoms with E-state index in [0.717, 1.165) is 18.4 Å². The van der Waals surface area contributed by atoms with E-state index in [0.29, 0.717) is 19.0 Å². The fourth-order valence-corrected chi connectivity index (χ4v) is 3.59. The maximum absolute atomic E-state index is 11.8. The summed E-state index contributed by atoms with van der Waals surface area (Å²) >= 11 is 0. The van der Waals surface area contributed by atoms with Crippen LogP contribution in [-0.4, -0.2) is 24.3 Å². The van der Waals surface area contributed by atoms with Crippen LogP contribution >= 0.6 is 0 Å². The second-order valence-electron chi connectivity index (χ2n) is 8.26. The van der Waals surface area contributed by atoms with Crippen LogP contribution < -0.4 is 4.74 Å². The predicted molar refractivity (Wildman–Crippen MR) is 130 cm³/mol. The summed E-state index contributed by atoms with van der Waals surface area (Å²) in [5, 5.41) is 9.70. The molecule has 1 aromatic carbocycles. The first-order valence-electron chi connectivity index (χ1n) is 12.5. The van der Waals surface area contributed by atoms with Gasteiger partial charge in [-0.1, -0.05) is 96.5 Å². The number of carbonyl (C=O) groups is 1. The summed E-state index contributed by atoms with van der Waals surface area (Å²) < 4.78 is 10.6. The van der Waals surface area contributed by atoms with E-state index < -0.39 is 0 Å². The summed E-state index contributed by atoms with van der Waals surface area (Å²) in [7, 11) is 0. The van der Waals surface area contributed by atoms with Gasteiger partial charge < -0.3 is 14.6 Å². The zero-order valence-corrected chi connectivity index (χ0v) is 19.9. The quantitative estimate of drug-likeness (QED) is 0.137. The number of phenols is 1. The highest BCUT2D eigenvalue weighted by Gasteiger charge is 2.03. The van der Waals surface area contributed by atoms with Crippen LogP contribution in [0.15, 0.2) is 24.3 Å². The van der Waals surface area contributed by atoms with Gasteiger partial charge in [0.05, 0.1) is 13.2 Å². The molecule has 0 aliphatic heterocycles. The van der Waals surface area contributed by atoms with E-state index >= 15 is 0 Å². The van der Waals surface area contributed by atoms with Crippen molar-refractivity contribution in [1.29, 1.82) is 0 Å². The number of hydrogen-bond donors (Lipinski definition) is 1. The lowest BCUT2D eigenvalue weighted by molar-refractivity contribution is -0.137. The third-order valence-electron chi connectivity index (χ3n) is 5.44. The van der Waals surface area contributed by atoms with Gasteiger partial charge in [-0.05, 0) is 37.1 Å². The molecule has 0 aromatic heterocycles. The van der Waals surface area contributed by atoms with E-state index in [9.17, 15) is 9.90 Å². The minimum absolute atomic E-state index is 0.0966. The van der Waals surface area contributed by atoms with Crippen LogP contribution in [0.1, 0.15) is 109 Å². The van der Waals surface area contributed by atoms with E-state index in [1.54, 1.807) is 24.3 Å². The van der Waals surface area contributed by atoms with E-state index in [2.05, 4.69) is 6.92 Å².